The Hall–Kier alpha value is -1.71. The lowest BCUT2D eigenvalue weighted by Gasteiger charge is -2.24. The van der Waals surface area contributed by atoms with E-state index in [0.717, 1.165) is 6.42 Å². The first-order chi connectivity index (χ1) is 9.53. The lowest BCUT2D eigenvalue weighted by atomic mass is 9.83. The molecule has 1 aromatic carbocycles. The fourth-order valence-corrected chi connectivity index (χ4v) is 2.12. The highest BCUT2D eigenvalue weighted by molar-refractivity contribution is 5.74. The molecule has 0 amide bonds. The van der Waals surface area contributed by atoms with E-state index in [9.17, 15) is 9.90 Å². The molecule has 112 valence electrons. The summed E-state index contributed by atoms with van der Waals surface area (Å²) in [4.78, 5) is 11.3. The van der Waals surface area contributed by atoms with Crippen LogP contribution in [0.1, 0.15) is 40.0 Å². The number of para-hydroxylation sites is 2. The highest BCUT2D eigenvalue weighted by atomic mass is 16.5. The monoisotopic (exact) mass is 280 g/mol. The maximum atomic E-state index is 11.3. The average Bonchev–Trinajstić information content (AvgIpc) is 2.41. The smallest absolute Gasteiger partial charge is 0.309 e. The Bertz CT molecular complexity index is 430. The minimum Gasteiger partial charge on any atom is -0.490 e. The lowest BCUT2D eigenvalue weighted by Crippen LogP contribution is -2.29. The van der Waals surface area contributed by atoms with Crippen molar-refractivity contribution in [3.8, 4) is 11.5 Å². The molecule has 0 bridgehead atoms. The second kappa shape index (κ2) is 7.78. The van der Waals surface area contributed by atoms with Crippen molar-refractivity contribution in [2.75, 3.05) is 13.2 Å². The topological polar surface area (TPSA) is 55.8 Å². The van der Waals surface area contributed by atoms with Gasteiger partial charge in [0.2, 0.25) is 0 Å². The molecule has 20 heavy (non-hydrogen) atoms. The molecule has 0 aromatic heterocycles. The van der Waals surface area contributed by atoms with Crippen LogP contribution in [0.25, 0.3) is 0 Å². The SMILES string of the molecule is CCCC(C)(CCOc1ccccc1OCC)C(=O)O. The van der Waals surface area contributed by atoms with Crippen LogP contribution in [0.15, 0.2) is 24.3 Å². The molecule has 1 aromatic rings. The standard InChI is InChI=1S/C16H24O4/c1-4-10-16(3,15(17)18)11-12-20-14-9-7-6-8-13(14)19-5-2/h6-9H,4-5,10-12H2,1-3H3,(H,17,18). The van der Waals surface area contributed by atoms with Gasteiger partial charge in [-0.25, -0.2) is 0 Å². The second-order valence-electron chi connectivity index (χ2n) is 5.09. The third kappa shape index (κ3) is 4.44. The number of carbonyl (C=O) groups is 1. The van der Waals surface area contributed by atoms with Gasteiger partial charge in [-0.2, -0.15) is 0 Å². The molecule has 4 nitrogen and oxygen atoms in total. The molecule has 4 heteroatoms. The van der Waals surface area contributed by atoms with E-state index in [4.69, 9.17) is 9.47 Å². The van der Waals surface area contributed by atoms with Crippen molar-refractivity contribution in [2.24, 2.45) is 5.41 Å². The minimum absolute atomic E-state index is 0.368. The van der Waals surface area contributed by atoms with Crippen LogP contribution < -0.4 is 9.47 Å². The predicted octanol–water partition coefficient (Wildman–Crippen LogP) is 3.75. The Kier molecular flexibility index (Phi) is 6.36. The number of hydrogen-bond acceptors (Lipinski definition) is 3. The van der Waals surface area contributed by atoms with Gasteiger partial charge in [-0.05, 0) is 38.8 Å². The molecule has 0 aliphatic heterocycles. The molecule has 0 fully saturated rings. The van der Waals surface area contributed by atoms with E-state index in [0.29, 0.717) is 37.6 Å². The maximum Gasteiger partial charge on any atom is 0.309 e. The van der Waals surface area contributed by atoms with Crippen LogP contribution in [0.5, 0.6) is 11.5 Å². The Balaban J connectivity index is 2.61. The van der Waals surface area contributed by atoms with Gasteiger partial charge in [-0.15, -0.1) is 0 Å². The Morgan fingerprint density at radius 3 is 2.25 bits per heavy atom. The second-order valence-corrected chi connectivity index (χ2v) is 5.09. The largest absolute Gasteiger partial charge is 0.490 e. The molecule has 0 aliphatic rings. The highest BCUT2D eigenvalue weighted by Gasteiger charge is 2.31. The quantitative estimate of drug-likeness (QED) is 0.748. The van der Waals surface area contributed by atoms with Crippen molar-refractivity contribution in [3.63, 3.8) is 0 Å². The van der Waals surface area contributed by atoms with Crippen molar-refractivity contribution >= 4 is 5.97 Å². The summed E-state index contributed by atoms with van der Waals surface area (Å²) in [7, 11) is 0. The highest BCUT2D eigenvalue weighted by Crippen LogP contribution is 2.30. The van der Waals surface area contributed by atoms with Gasteiger partial charge < -0.3 is 14.6 Å². The van der Waals surface area contributed by atoms with E-state index >= 15 is 0 Å². The van der Waals surface area contributed by atoms with Crippen LogP contribution >= 0.6 is 0 Å². The van der Waals surface area contributed by atoms with Crippen LogP contribution in [0.2, 0.25) is 0 Å². The van der Waals surface area contributed by atoms with Gasteiger partial charge in [0, 0.05) is 0 Å². The number of carboxylic acids is 1. The average molecular weight is 280 g/mol. The number of hydrogen-bond donors (Lipinski definition) is 1. The van der Waals surface area contributed by atoms with E-state index in [1.807, 2.05) is 38.1 Å². The number of rotatable bonds is 9. The van der Waals surface area contributed by atoms with Gasteiger partial charge in [0.1, 0.15) is 0 Å². The fraction of sp³-hybridized carbons (Fsp3) is 0.562. The molecule has 0 saturated carbocycles. The summed E-state index contributed by atoms with van der Waals surface area (Å²) in [6, 6.07) is 7.45. The van der Waals surface area contributed by atoms with E-state index < -0.39 is 11.4 Å². The third-order valence-corrected chi connectivity index (χ3v) is 3.38. The van der Waals surface area contributed by atoms with E-state index in [1.165, 1.54) is 0 Å². The van der Waals surface area contributed by atoms with Gasteiger partial charge in [-0.3, -0.25) is 4.79 Å². The van der Waals surface area contributed by atoms with Gasteiger partial charge in [0.25, 0.3) is 0 Å². The Morgan fingerprint density at radius 2 is 1.75 bits per heavy atom. The molecule has 1 rings (SSSR count). The number of benzene rings is 1. The fourth-order valence-electron chi connectivity index (χ4n) is 2.12. The van der Waals surface area contributed by atoms with Crippen molar-refractivity contribution in [1.82, 2.24) is 0 Å². The van der Waals surface area contributed by atoms with Crippen LogP contribution in [0.4, 0.5) is 0 Å². The van der Waals surface area contributed by atoms with Crippen molar-refractivity contribution in [1.29, 1.82) is 0 Å². The molecule has 0 aliphatic carbocycles. The molecule has 0 radical (unpaired) electrons. The number of ether oxygens (including phenoxy) is 2. The van der Waals surface area contributed by atoms with Crippen molar-refractivity contribution in [2.45, 2.75) is 40.0 Å². The molecular formula is C16H24O4. The molecule has 1 unspecified atom stereocenters. The normalized spacial score (nSPS) is 13.6. The number of carboxylic acid groups (broad SMARTS) is 1. The van der Waals surface area contributed by atoms with Crippen LogP contribution in [0, 0.1) is 5.41 Å². The van der Waals surface area contributed by atoms with Gasteiger partial charge >= 0.3 is 5.97 Å². The van der Waals surface area contributed by atoms with E-state index in [-0.39, 0.29) is 0 Å². The molecule has 0 saturated heterocycles. The Morgan fingerprint density at radius 1 is 1.15 bits per heavy atom. The predicted molar refractivity (Wildman–Crippen MR) is 78.4 cm³/mol. The first kappa shape index (κ1) is 16.3. The third-order valence-electron chi connectivity index (χ3n) is 3.38. The van der Waals surface area contributed by atoms with Crippen LogP contribution in [-0.2, 0) is 4.79 Å². The lowest BCUT2D eigenvalue weighted by molar-refractivity contribution is -0.149. The zero-order valence-corrected chi connectivity index (χ0v) is 12.5. The maximum absolute atomic E-state index is 11.3. The van der Waals surface area contributed by atoms with Gasteiger partial charge in [-0.1, -0.05) is 25.5 Å². The summed E-state index contributed by atoms with van der Waals surface area (Å²) in [5, 5.41) is 9.32. The molecule has 1 atom stereocenters. The van der Waals surface area contributed by atoms with Crippen LogP contribution in [0.3, 0.4) is 0 Å². The summed E-state index contributed by atoms with van der Waals surface area (Å²) in [6.07, 6.45) is 1.98. The Labute approximate surface area is 120 Å². The molecule has 0 heterocycles. The van der Waals surface area contributed by atoms with E-state index in [1.54, 1.807) is 6.92 Å². The summed E-state index contributed by atoms with van der Waals surface area (Å²) in [5.41, 5.74) is -0.727. The molecule has 1 N–H and O–H groups in total. The summed E-state index contributed by atoms with van der Waals surface area (Å²) < 4.78 is 11.2. The van der Waals surface area contributed by atoms with Gasteiger partial charge in [0.15, 0.2) is 11.5 Å². The first-order valence-electron chi connectivity index (χ1n) is 7.11. The van der Waals surface area contributed by atoms with Crippen molar-refractivity contribution in [3.05, 3.63) is 24.3 Å². The summed E-state index contributed by atoms with van der Waals surface area (Å²) in [6.45, 7) is 6.62. The summed E-state index contributed by atoms with van der Waals surface area (Å²) in [5.74, 6) is 0.599. The van der Waals surface area contributed by atoms with Gasteiger partial charge in [0.05, 0.1) is 18.6 Å². The number of aliphatic carboxylic acids is 1. The zero-order chi connectivity index (χ0) is 15.0. The van der Waals surface area contributed by atoms with E-state index in [2.05, 4.69) is 0 Å². The molecular weight excluding hydrogens is 256 g/mol. The minimum atomic E-state index is -0.763. The summed E-state index contributed by atoms with van der Waals surface area (Å²) >= 11 is 0. The van der Waals surface area contributed by atoms with Crippen LogP contribution in [-0.4, -0.2) is 24.3 Å². The van der Waals surface area contributed by atoms with Crippen molar-refractivity contribution < 1.29 is 19.4 Å². The first-order valence-corrected chi connectivity index (χ1v) is 7.11. The molecule has 0 spiro atoms. The zero-order valence-electron chi connectivity index (χ0n) is 12.5.